The molecule has 0 aliphatic heterocycles. The Bertz CT molecular complexity index is 1060. The maximum atomic E-state index is 5.98. The molecule has 2 aromatic carbocycles. The summed E-state index contributed by atoms with van der Waals surface area (Å²) in [6.45, 7) is 2.75. The fourth-order valence-electron chi connectivity index (χ4n) is 2.99. The van der Waals surface area contributed by atoms with E-state index in [0.29, 0.717) is 11.0 Å². The van der Waals surface area contributed by atoms with Gasteiger partial charge in [-0.3, -0.25) is 0 Å². The molecule has 4 aromatic rings. The fraction of sp³-hybridized carbons (Fsp3) is 0.136. The second-order valence-electron chi connectivity index (χ2n) is 6.48. The van der Waals surface area contributed by atoms with E-state index in [1.807, 2.05) is 66.3 Å². The minimum atomic E-state index is 0.618. The van der Waals surface area contributed by atoms with Gasteiger partial charge in [0.2, 0.25) is 5.95 Å². The molecule has 0 saturated carbocycles. The number of hydrogen-bond donors (Lipinski definition) is 1. The first-order valence-corrected chi connectivity index (χ1v) is 9.50. The molecule has 0 amide bonds. The van der Waals surface area contributed by atoms with Gasteiger partial charge in [-0.05, 0) is 49.2 Å². The standard InChI is InChI=1S/C22H20ClN5/c1-16-20(15-28(27-16)19-9-7-18(23)8-10-19)21-12-14-25-22(26-21)24-13-11-17-5-3-2-4-6-17/h2-10,12,14-15H,11,13H2,1H3,(H,24,25,26). The second kappa shape index (κ2) is 8.23. The van der Waals surface area contributed by atoms with Crippen LogP contribution in [0.25, 0.3) is 16.9 Å². The van der Waals surface area contributed by atoms with Crippen LogP contribution in [0.15, 0.2) is 73.1 Å². The first-order valence-electron chi connectivity index (χ1n) is 9.12. The predicted octanol–water partition coefficient (Wildman–Crippen LogP) is 4.95. The molecule has 6 heteroatoms. The molecule has 2 aromatic heterocycles. The molecule has 28 heavy (non-hydrogen) atoms. The van der Waals surface area contributed by atoms with Crippen molar-refractivity contribution >= 4 is 17.5 Å². The fourth-order valence-corrected chi connectivity index (χ4v) is 3.12. The Morgan fingerprint density at radius 3 is 2.57 bits per heavy atom. The highest BCUT2D eigenvalue weighted by molar-refractivity contribution is 6.30. The normalized spacial score (nSPS) is 10.8. The van der Waals surface area contributed by atoms with Crippen molar-refractivity contribution in [1.29, 1.82) is 0 Å². The van der Waals surface area contributed by atoms with Crippen LogP contribution in [0, 0.1) is 6.92 Å². The van der Waals surface area contributed by atoms with Gasteiger partial charge in [0.25, 0.3) is 0 Å². The molecule has 140 valence electrons. The van der Waals surface area contributed by atoms with E-state index in [-0.39, 0.29) is 0 Å². The van der Waals surface area contributed by atoms with Gasteiger partial charge in [-0.2, -0.15) is 5.10 Å². The van der Waals surface area contributed by atoms with Crippen LogP contribution in [0.1, 0.15) is 11.3 Å². The zero-order valence-electron chi connectivity index (χ0n) is 15.5. The average Bonchev–Trinajstić information content (AvgIpc) is 3.11. The van der Waals surface area contributed by atoms with Crippen molar-refractivity contribution in [1.82, 2.24) is 19.7 Å². The number of aromatic nitrogens is 4. The van der Waals surface area contributed by atoms with Crippen molar-refractivity contribution in [2.45, 2.75) is 13.3 Å². The average molecular weight is 390 g/mol. The van der Waals surface area contributed by atoms with Gasteiger partial charge in [-0.1, -0.05) is 41.9 Å². The SMILES string of the molecule is Cc1nn(-c2ccc(Cl)cc2)cc1-c1ccnc(NCCc2ccccc2)n1. The maximum absolute atomic E-state index is 5.98. The lowest BCUT2D eigenvalue weighted by molar-refractivity contribution is 0.863. The van der Waals surface area contributed by atoms with Crippen molar-refractivity contribution < 1.29 is 0 Å². The number of benzene rings is 2. The smallest absolute Gasteiger partial charge is 0.223 e. The van der Waals surface area contributed by atoms with Gasteiger partial charge in [0.15, 0.2) is 0 Å². The first kappa shape index (κ1) is 18.2. The van der Waals surface area contributed by atoms with Crippen LogP contribution in [-0.4, -0.2) is 26.3 Å². The zero-order chi connectivity index (χ0) is 19.3. The Morgan fingerprint density at radius 1 is 1.00 bits per heavy atom. The third-order valence-corrected chi connectivity index (χ3v) is 4.71. The third kappa shape index (κ3) is 4.21. The highest BCUT2D eigenvalue weighted by Gasteiger charge is 2.11. The summed E-state index contributed by atoms with van der Waals surface area (Å²) in [5.74, 6) is 0.618. The summed E-state index contributed by atoms with van der Waals surface area (Å²) < 4.78 is 1.84. The monoisotopic (exact) mass is 389 g/mol. The molecule has 1 N–H and O–H groups in total. The molecule has 0 atom stereocenters. The van der Waals surface area contributed by atoms with Crippen LogP contribution in [0.4, 0.5) is 5.95 Å². The molecule has 0 aliphatic rings. The Hall–Kier alpha value is -3.18. The summed E-state index contributed by atoms with van der Waals surface area (Å²) in [6.07, 6.45) is 4.67. The minimum Gasteiger partial charge on any atom is -0.354 e. The van der Waals surface area contributed by atoms with E-state index < -0.39 is 0 Å². The molecule has 4 rings (SSSR count). The van der Waals surface area contributed by atoms with Crippen LogP contribution in [0.5, 0.6) is 0 Å². The molecule has 0 unspecified atom stereocenters. The molecular weight excluding hydrogens is 370 g/mol. The molecule has 0 fully saturated rings. The van der Waals surface area contributed by atoms with Crippen molar-refractivity contribution in [3.8, 4) is 16.9 Å². The Morgan fingerprint density at radius 2 is 1.79 bits per heavy atom. The van der Waals surface area contributed by atoms with E-state index in [1.165, 1.54) is 5.56 Å². The molecule has 5 nitrogen and oxygen atoms in total. The lowest BCUT2D eigenvalue weighted by atomic mass is 10.1. The number of hydrogen-bond acceptors (Lipinski definition) is 4. The zero-order valence-corrected chi connectivity index (χ0v) is 16.3. The summed E-state index contributed by atoms with van der Waals surface area (Å²) in [6, 6.07) is 19.8. The van der Waals surface area contributed by atoms with Gasteiger partial charge in [0.05, 0.1) is 17.1 Å². The van der Waals surface area contributed by atoms with Gasteiger partial charge < -0.3 is 5.32 Å². The van der Waals surface area contributed by atoms with Crippen molar-refractivity contribution in [2.24, 2.45) is 0 Å². The number of nitrogens with one attached hydrogen (secondary N) is 1. The van der Waals surface area contributed by atoms with E-state index in [4.69, 9.17) is 11.6 Å². The Kier molecular flexibility index (Phi) is 5.35. The molecule has 0 aliphatic carbocycles. The quantitative estimate of drug-likeness (QED) is 0.507. The number of nitrogens with zero attached hydrogens (tertiary/aromatic N) is 4. The molecule has 2 heterocycles. The number of rotatable bonds is 6. The number of aryl methyl sites for hydroxylation is 1. The molecule has 0 radical (unpaired) electrons. The van der Waals surface area contributed by atoms with Gasteiger partial charge in [-0.25, -0.2) is 14.6 Å². The predicted molar refractivity (Wildman–Crippen MR) is 113 cm³/mol. The Labute approximate surface area is 169 Å². The summed E-state index contributed by atoms with van der Waals surface area (Å²) in [7, 11) is 0. The van der Waals surface area contributed by atoms with E-state index in [1.54, 1.807) is 6.20 Å². The van der Waals surface area contributed by atoms with Gasteiger partial charge in [-0.15, -0.1) is 0 Å². The maximum Gasteiger partial charge on any atom is 0.223 e. The molecule has 0 bridgehead atoms. The van der Waals surface area contributed by atoms with Crippen LogP contribution in [0.3, 0.4) is 0 Å². The lowest BCUT2D eigenvalue weighted by Gasteiger charge is -2.06. The number of halogens is 1. The summed E-state index contributed by atoms with van der Waals surface area (Å²) >= 11 is 5.98. The molecule has 0 spiro atoms. The van der Waals surface area contributed by atoms with Crippen LogP contribution in [0.2, 0.25) is 5.02 Å². The van der Waals surface area contributed by atoms with Crippen molar-refractivity contribution in [3.63, 3.8) is 0 Å². The van der Waals surface area contributed by atoms with Crippen LogP contribution in [-0.2, 0) is 6.42 Å². The van der Waals surface area contributed by atoms with Gasteiger partial charge >= 0.3 is 0 Å². The van der Waals surface area contributed by atoms with Crippen LogP contribution >= 0.6 is 11.6 Å². The van der Waals surface area contributed by atoms with Crippen molar-refractivity contribution in [2.75, 3.05) is 11.9 Å². The van der Waals surface area contributed by atoms with E-state index in [2.05, 4.69) is 32.5 Å². The van der Waals surface area contributed by atoms with Gasteiger partial charge in [0, 0.05) is 29.5 Å². The summed E-state index contributed by atoms with van der Waals surface area (Å²) in [4.78, 5) is 9.00. The largest absolute Gasteiger partial charge is 0.354 e. The lowest BCUT2D eigenvalue weighted by Crippen LogP contribution is -2.08. The summed E-state index contributed by atoms with van der Waals surface area (Å²) in [5.41, 5.74) is 4.96. The highest BCUT2D eigenvalue weighted by Crippen LogP contribution is 2.23. The second-order valence-corrected chi connectivity index (χ2v) is 6.91. The van der Waals surface area contributed by atoms with E-state index in [9.17, 15) is 0 Å². The minimum absolute atomic E-state index is 0.618. The van der Waals surface area contributed by atoms with E-state index in [0.717, 1.165) is 35.6 Å². The highest BCUT2D eigenvalue weighted by atomic mass is 35.5. The summed E-state index contributed by atoms with van der Waals surface area (Å²) in [5, 5.41) is 8.62. The van der Waals surface area contributed by atoms with Crippen LogP contribution < -0.4 is 5.32 Å². The first-order chi connectivity index (χ1) is 13.7. The topological polar surface area (TPSA) is 55.6 Å². The third-order valence-electron chi connectivity index (χ3n) is 4.46. The van der Waals surface area contributed by atoms with Crippen molar-refractivity contribution in [3.05, 3.63) is 89.3 Å². The molecular formula is C22H20ClN5. The number of anilines is 1. The molecule has 0 saturated heterocycles. The Balaban J connectivity index is 1.50. The van der Waals surface area contributed by atoms with E-state index >= 15 is 0 Å². The van der Waals surface area contributed by atoms with Gasteiger partial charge in [0.1, 0.15) is 0 Å².